The van der Waals surface area contributed by atoms with Gasteiger partial charge in [-0.1, -0.05) is 30.3 Å². The summed E-state index contributed by atoms with van der Waals surface area (Å²) in [4.78, 5) is 24.8. The number of likely N-dealkylation sites (tertiary alicyclic amines) is 1. The lowest BCUT2D eigenvalue weighted by molar-refractivity contribution is -0.124. The fourth-order valence-electron chi connectivity index (χ4n) is 3.21. The van der Waals surface area contributed by atoms with Gasteiger partial charge in [0.05, 0.1) is 0 Å². The number of nitrogens with one attached hydrogen (secondary N) is 1. The quantitative estimate of drug-likeness (QED) is 0.801. The van der Waals surface area contributed by atoms with Gasteiger partial charge in [0.1, 0.15) is 0 Å². The predicted octanol–water partition coefficient (Wildman–Crippen LogP) is 1.70. The van der Waals surface area contributed by atoms with Gasteiger partial charge >= 0.3 is 0 Å². The number of anilines is 1. The normalized spacial score (nSPS) is 15.3. The number of rotatable bonds is 7. The fourth-order valence-corrected chi connectivity index (χ4v) is 3.21. The first-order valence-electron chi connectivity index (χ1n) is 9.28. The van der Waals surface area contributed by atoms with Crippen LogP contribution in [0.25, 0.3) is 0 Å². The van der Waals surface area contributed by atoms with Crippen molar-refractivity contribution in [2.24, 2.45) is 0 Å². The van der Waals surface area contributed by atoms with Crippen LogP contribution in [0.4, 0.5) is 5.82 Å². The van der Waals surface area contributed by atoms with E-state index in [2.05, 4.69) is 44.5 Å². The highest BCUT2D eigenvalue weighted by Gasteiger charge is 2.21. The molecule has 1 saturated heterocycles. The van der Waals surface area contributed by atoms with Crippen molar-refractivity contribution in [3.8, 4) is 5.88 Å². The molecule has 0 saturated carbocycles. The van der Waals surface area contributed by atoms with Crippen LogP contribution in [0.15, 0.2) is 42.7 Å². The number of benzene rings is 1. The maximum Gasteiger partial charge on any atom is 0.258 e. The molecule has 0 bridgehead atoms. The van der Waals surface area contributed by atoms with Gasteiger partial charge in [0.15, 0.2) is 12.4 Å². The SMILES string of the molecule is CN(C)c1nccnc1OCC(=O)NC1CCN(Cc2ccccc2)CC1. The molecule has 1 aliphatic heterocycles. The van der Waals surface area contributed by atoms with Gasteiger partial charge in [-0.2, -0.15) is 0 Å². The molecule has 7 nitrogen and oxygen atoms in total. The Morgan fingerprint density at radius 2 is 1.89 bits per heavy atom. The van der Waals surface area contributed by atoms with Crippen LogP contribution in [0.2, 0.25) is 0 Å². The van der Waals surface area contributed by atoms with Gasteiger partial charge in [0, 0.05) is 52.2 Å². The van der Waals surface area contributed by atoms with E-state index in [9.17, 15) is 4.79 Å². The van der Waals surface area contributed by atoms with Crippen molar-refractivity contribution in [3.63, 3.8) is 0 Å². The monoisotopic (exact) mass is 369 g/mol. The van der Waals surface area contributed by atoms with Crippen LogP contribution in [-0.4, -0.2) is 60.6 Å². The van der Waals surface area contributed by atoms with E-state index in [1.807, 2.05) is 25.1 Å². The summed E-state index contributed by atoms with van der Waals surface area (Å²) < 4.78 is 5.56. The molecule has 0 spiro atoms. The van der Waals surface area contributed by atoms with Crippen molar-refractivity contribution in [3.05, 3.63) is 48.3 Å². The zero-order valence-electron chi connectivity index (χ0n) is 16.0. The first-order valence-corrected chi connectivity index (χ1v) is 9.28. The van der Waals surface area contributed by atoms with Gasteiger partial charge < -0.3 is 15.0 Å². The predicted molar refractivity (Wildman–Crippen MR) is 105 cm³/mol. The molecule has 1 aromatic carbocycles. The van der Waals surface area contributed by atoms with Crippen LogP contribution >= 0.6 is 0 Å². The van der Waals surface area contributed by atoms with Crippen LogP contribution in [0, 0.1) is 0 Å². The third-order valence-corrected chi connectivity index (χ3v) is 4.61. The second kappa shape index (κ2) is 9.32. The Hall–Kier alpha value is -2.67. The second-order valence-electron chi connectivity index (χ2n) is 6.97. The van der Waals surface area contributed by atoms with E-state index in [4.69, 9.17) is 4.74 Å². The van der Waals surface area contributed by atoms with Gasteiger partial charge in [0.25, 0.3) is 11.8 Å². The molecule has 2 heterocycles. The van der Waals surface area contributed by atoms with Crippen molar-refractivity contribution in [2.75, 3.05) is 38.7 Å². The van der Waals surface area contributed by atoms with E-state index in [1.165, 1.54) is 5.56 Å². The number of carbonyl (C=O) groups excluding carboxylic acids is 1. The van der Waals surface area contributed by atoms with Crippen LogP contribution in [0.1, 0.15) is 18.4 Å². The molecule has 1 aliphatic rings. The van der Waals surface area contributed by atoms with Crippen molar-refractivity contribution >= 4 is 11.7 Å². The van der Waals surface area contributed by atoms with E-state index < -0.39 is 0 Å². The molecule has 0 unspecified atom stereocenters. The largest absolute Gasteiger partial charge is 0.465 e. The summed E-state index contributed by atoms with van der Waals surface area (Å²) in [6.45, 7) is 2.87. The topological polar surface area (TPSA) is 70.6 Å². The minimum absolute atomic E-state index is 0.0518. The zero-order valence-corrected chi connectivity index (χ0v) is 16.0. The van der Waals surface area contributed by atoms with Crippen LogP contribution in [0.3, 0.4) is 0 Å². The van der Waals surface area contributed by atoms with Crippen molar-refractivity contribution in [2.45, 2.75) is 25.4 Å². The number of hydrogen-bond donors (Lipinski definition) is 1. The lowest BCUT2D eigenvalue weighted by Crippen LogP contribution is -2.45. The van der Waals surface area contributed by atoms with E-state index >= 15 is 0 Å². The molecule has 1 aromatic heterocycles. The van der Waals surface area contributed by atoms with Crippen molar-refractivity contribution in [1.29, 1.82) is 0 Å². The van der Waals surface area contributed by atoms with Gasteiger partial charge in [-0.15, -0.1) is 0 Å². The Kier molecular flexibility index (Phi) is 6.59. The molecule has 0 atom stereocenters. The van der Waals surface area contributed by atoms with E-state index in [0.29, 0.717) is 11.7 Å². The molecule has 1 fully saturated rings. The smallest absolute Gasteiger partial charge is 0.258 e. The van der Waals surface area contributed by atoms with Crippen LogP contribution in [-0.2, 0) is 11.3 Å². The van der Waals surface area contributed by atoms with E-state index in [-0.39, 0.29) is 18.6 Å². The Bertz CT molecular complexity index is 730. The van der Waals surface area contributed by atoms with Crippen molar-refractivity contribution in [1.82, 2.24) is 20.2 Å². The first kappa shape index (κ1) is 19.1. The number of amides is 1. The highest BCUT2D eigenvalue weighted by molar-refractivity contribution is 5.78. The van der Waals surface area contributed by atoms with Gasteiger partial charge in [-0.3, -0.25) is 9.69 Å². The highest BCUT2D eigenvalue weighted by atomic mass is 16.5. The zero-order chi connectivity index (χ0) is 19.1. The molecular weight excluding hydrogens is 342 g/mol. The molecule has 1 N–H and O–H groups in total. The Balaban J connectivity index is 1.41. The van der Waals surface area contributed by atoms with E-state index in [1.54, 1.807) is 12.4 Å². The van der Waals surface area contributed by atoms with Gasteiger partial charge in [-0.25, -0.2) is 9.97 Å². The lowest BCUT2D eigenvalue weighted by Gasteiger charge is -2.32. The Labute approximate surface area is 160 Å². The summed E-state index contributed by atoms with van der Waals surface area (Å²) >= 11 is 0. The summed E-state index contributed by atoms with van der Waals surface area (Å²) in [5, 5.41) is 3.07. The molecule has 7 heteroatoms. The second-order valence-corrected chi connectivity index (χ2v) is 6.97. The first-order chi connectivity index (χ1) is 13.1. The number of nitrogens with zero attached hydrogens (tertiary/aromatic N) is 4. The summed E-state index contributed by atoms with van der Waals surface area (Å²) in [5.41, 5.74) is 1.33. The number of aromatic nitrogens is 2. The lowest BCUT2D eigenvalue weighted by atomic mass is 10.0. The molecule has 144 valence electrons. The maximum absolute atomic E-state index is 12.2. The fraction of sp³-hybridized carbons (Fsp3) is 0.450. The number of hydrogen-bond acceptors (Lipinski definition) is 6. The third kappa shape index (κ3) is 5.65. The van der Waals surface area contributed by atoms with Crippen LogP contribution < -0.4 is 15.0 Å². The average Bonchev–Trinajstić information content (AvgIpc) is 2.69. The van der Waals surface area contributed by atoms with E-state index in [0.717, 1.165) is 32.5 Å². The Morgan fingerprint density at radius 1 is 1.19 bits per heavy atom. The summed E-state index contributed by atoms with van der Waals surface area (Å²) in [6, 6.07) is 10.7. The molecular formula is C20H27N5O2. The highest BCUT2D eigenvalue weighted by Crippen LogP contribution is 2.19. The van der Waals surface area contributed by atoms with Crippen molar-refractivity contribution < 1.29 is 9.53 Å². The minimum atomic E-state index is -0.119. The maximum atomic E-state index is 12.2. The summed E-state index contributed by atoms with van der Waals surface area (Å²) in [7, 11) is 3.72. The standard InChI is InChI=1S/C20H27N5O2/c1-24(2)19-20(22-11-10-21-19)27-15-18(26)23-17-8-12-25(13-9-17)14-16-6-4-3-5-7-16/h3-7,10-11,17H,8-9,12-15H2,1-2H3,(H,23,26). The average molecular weight is 369 g/mol. The number of ether oxygens (including phenoxy) is 1. The summed E-state index contributed by atoms with van der Waals surface area (Å²) in [5.74, 6) is 0.863. The molecule has 2 aromatic rings. The molecule has 3 rings (SSSR count). The van der Waals surface area contributed by atoms with Gasteiger partial charge in [-0.05, 0) is 18.4 Å². The van der Waals surface area contributed by atoms with Gasteiger partial charge in [0.2, 0.25) is 0 Å². The number of carbonyl (C=O) groups is 1. The summed E-state index contributed by atoms with van der Waals surface area (Å²) in [6.07, 6.45) is 5.06. The third-order valence-electron chi connectivity index (χ3n) is 4.61. The number of piperidine rings is 1. The molecule has 0 radical (unpaired) electrons. The molecule has 27 heavy (non-hydrogen) atoms. The molecule has 0 aliphatic carbocycles. The Morgan fingerprint density at radius 3 is 2.59 bits per heavy atom. The van der Waals surface area contributed by atoms with Crippen LogP contribution in [0.5, 0.6) is 5.88 Å². The molecule has 1 amide bonds. The minimum Gasteiger partial charge on any atom is -0.465 e.